The monoisotopic (exact) mass is 237 g/mol. The fourth-order valence-electron chi connectivity index (χ4n) is 1.49. The lowest BCUT2D eigenvalue weighted by Gasteiger charge is -2.16. The van der Waals surface area contributed by atoms with Gasteiger partial charge in [0.15, 0.2) is 0 Å². The zero-order valence-electron chi connectivity index (χ0n) is 9.95. The molecular weight excluding hydrogens is 214 g/mol. The highest BCUT2D eigenvalue weighted by molar-refractivity contribution is 7.90. The number of hydrogen-bond acceptors (Lipinski definition) is 4. The maximum absolute atomic E-state index is 10.9. The van der Waals surface area contributed by atoms with Crippen molar-refractivity contribution >= 4 is 9.84 Å². The summed E-state index contributed by atoms with van der Waals surface area (Å²) in [6.45, 7) is 3.66. The highest BCUT2D eigenvalue weighted by atomic mass is 32.2. The van der Waals surface area contributed by atoms with E-state index in [0.29, 0.717) is 18.4 Å². The molecule has 1 unspecified atom stereocenters. The predicted octanol–water partition coefficient (Wildman–Crippen LogP) is 0.826. The normalized spacial score (nSPS) is 14.1. The second-order valence-electron chi connectivity index (χ2n) is 3.84. The van der Waals surface area contributed by atoms with Crippen LogP contribution in [0.15, 0.2) is 0 Å². The van der Waals surface area contributed by atoms with Gasteiger partial charge in [-0.2, -0.15) is 0 Å². The maximum atomic E-state index is 10.9. The van der Waals surface area contributed by atoms with E-state index < -0.39 is 9.84 Å². The molecule has 0 aliphatic carbocycles. The largest absolute Gasteiger partial charge is 0.383 e. The van der Waals surface area contributed by atoms with Crippen molar-refractivity contribution in [1.82, 2.24) is 5.32 Å². The minimum atomic E-state index is -2.80. The summed E-state index contributed by atoms with van der Waals surface area (Å²) in [5, 5.41) is 3.31. The molecule has 0 saturated heterocycles. The molecular formula is C10H23NO3S. The van der Waals surface area contributed by atoms with Crippen LogP contribution in [0.5, 0.6) is 0 Å². The molecule has 0 bridgehead atoms. The van der Waals surface area contributed by atoms with Gasteiger partial charge in [-0.1, -0.05) is 13.3 Å². The Kier molecular flexibility index (Phi) is 8.00. The topological polar surface area (TPSA) is 55.4 Å². The van der Waals surface area contributed by atoms with Crippen LogP contribution in [0.1, 0.15) is 26.2 Å². The SMILES string of the molecule is CCNC(CCCCS(C)(=O)=O)COC. The van der Waals surface area contributed by atoms with Gasteiger partial charge in [0.2, 0.25) is 0 Å². The Morgan fingerprint density at radius 2 is 2.00 bits per heavy atom. The van der Waals surface area contributed by atoms with E-state index >= 15 is 0 Å². The van der Waals surface area contributed by atoms with E-state index in [-0.39, 0.29) is 0 Å². The minimum absolute atomic E-state index is 0.291. The van der Waals surface area contributed by atoms with Crippen LogP contribution < -0.4 is 5.32 Å². The first-order valence-corrected chi connectivity index (χ1v) is 7.45. The fourth-order valence-corrected chi connectivity index (χ4v) is 2.22. The molecule has 92 valence electrons. The molecule has 0 heterocycles. The standard InChI is InChI=1S/C10H23NO3S/c1-4-11-10(9-14-2)7-5-6-8-15(3,12)13/h10-11H,4-9H2,1-3H3. The third-order valence-electron chi connectivity index (χ3n) is 2.18. The molecule has 4 nitrogen and oxygen atoms in total. The van der Waals surface area contributed by atoms with Gasteiger partial charge in [0, 0.05) is 25.2 Å². The zero-order valence-corrected chi connectivity index (χ0v) is 10.8. The Morgan fingerprint density at radius 3 is 2.47 bits per heavy atom. The molecule has 0 amide bonds. The Bertz CT molecular complexity index is 233. The van der Waals surface area contributed by atoms with Gasteiger partial charge in [-0.15, -0.1) is 0 Å². The molecule has 1 atom stereocenters. The summed E-state index contributed by atoms with van der Waals surface area (Å²) < 4.78 is 26.8. The van der Waals surface area contributed by atoms with Crippen LogP contribution in [0.2, 0.25) is 0 Å². The first kappa shape index (κ1) is 14.9. The van der Waals surface area contributed by atoms with Crippen LogP contribution in [0.4, 0.5) is 0 Å². The van der Waals surface area contributed by atoms with Gasteiger partial charge >= 0.3 is 0 Å². The van der Waals surface area contributed by atoms with Gasteiger partial charge in [0.25, 0.3) is 0 Å². The minimum Gasteiger partial charge on any atom is -0.383 e. The fraction of sp³-hybridized carbons (Fsp3) is 1.00. The van der Waals surface area contributed by atoms with E-state index in [0.717, 1.165) is 25.8 Å². The van der Waals surface area contributed by atoms with Crippen LogP contribution in [0.25, 0.3) is 0 Å². The van der Waals surface area contributed by atoms with Gasteiger partial charge in [0.05, 0.1) is 6.61 Å². The van der Waals surface area contributed by atoms with Crippen LogP contribution in [0, 0.1) is 0 Å². The molecule has 0 rings (SSSR count). The molecule has 0 aromatic heterocycles. The lowest BCUT2D eigenvalue weighted by atomic mass is 10.1. The molecule has 0 aromatic carbocycles. The summed E-state index contributed by atoms with van der Waals surface area (Å²) >= 11 is 0. The second-order valence-corrected chi connectivity index (χ2v) is 6.10. The van der Waals surface area contributed by atoms with E-state index in [1.165, 1.54) is 6.26 Å². The lowest BCUT2D eigenvalue weighted by molar-refractivity contribution is 0.162. The van der Waals surface area contributed by atoms with Crippen LogP contribution >= 0.6 is 0 Å². The molecule has 0 aliphatic rings. The van der Waals surface area contributed by atoms with Crippen LogP contribution in [0.3, 0.4) is 0 Å². The molecule has 1 N–H and O–H groups in total. The zero-order chi connectivity index (χ0) is 11.7. The van der Waals surface area contributed by atoms with Crippen molar-refractivity contribution in [2.75, 3.05) is 32.3 Å². The van der Waals surface area contributed by atoms with E-state index in [2.05, 4.69) is 12.2 Å². The van der Waals surface area contributed by atoms with Crippen LogP contribution in [-0.2, 0) is 14.6 Å². The number of likely N-dealkylation sites (N-methyl/N-ethyl adjacent to an activating group) is 1. The highest BCUT2D eigenvalue weighted by Gasteiger charge is 2.07. The van der Waals surface area contributed by atoms with Gasteiger partial charge in [-0.25, -0.2) is 8.42 Å². The summed E-state index contributed by atoms with van der Waals surface area (Å²) in [5.74, 6) is 0.291. The Morgan fingerprint density at radius 1 is 1.33 bits per heavy atom. The van der Waals surface area contributed by atoms with E-state index in [4.69, 9.17) is 4.74 Å². The van der Waals surface area contributed by atoms with Crippen molar-refractivity contribution in [3.8, 4) is 0 Å². The average molecular weight is 237 g/mol. The van der Waals surface area contributed by atoms with Crippen molar-refractivity contribution in [2.24, 2.45) is 0 Å². The molecule has 15 heavy (non-hydrogen) atoms. The van der Waals surface area contributed by atoms with E-state index in [1.54, 1.807) is 7.11 Å². The number of methoxy groups -OCH3 is 1. The average Bonchev–Trinajstić information content (AvgIpc) is 2.11. The molecule has 0 radical (unpaired) electrons. The molecule has 0 aromatic rings. The summed E-state index contributed by atoms with van der Waals surface area (Å²) in [7, 11) is -1.12. The number of hydrogen-bond donors (Lipinski definition) is 1. The van der Waals surface area contributed by atoms with Gasteiger partial charge in [0.1, 0.15) is 9.84 Å². The molecule has 0 aliphatic heterocycles. The Labute approximate surface area is 93.3 Å². The second kappa shape index (κ2) is 8.07. The molecule has 0 fully saturated rings. The highest BCUT2D eigenvalue weighted by Crippen LogP contribution is 2.03. The summed E-state index contributed by atoms with van der Waals surface area (Å²) in [6, 6.07) is 0.347. The number of unbranched alkanes of at least 4 members (excludes halogenated alkanes) is 1. The maximum Gasteiger partial charge on any atom is 0.147 e. The predicted molar refractivity (Wildman–Crippen MR) is 62.9 cm³/mol. The Balaban J connectivity index is 3.61. The van der Waals surface area contributed by atoms with Crippen molar-refractivity contribution in [1.29, 1.82) is 0 Å². The van der Waals surface area contributed by atoms with E-state index in [1.807, 2.05) is 0 Å². The number of rotatable bonds is 9. The summed E-state index contributed by atoms with van der Waals surface area (Å²) in [4.78, 5) is 0. The number of ether oxygens (including phenoxy) is 1. The molecule has 0 spiro atoms. The number of nitrogens with one attached hydrogen (secondary N) is 1. The molecule has 0 saturated carbocycles. The van der Waals surface area contributed by atoms with E-state index in [9.17, 15) is 8.42 Å². The summed E-state index contributed by atoms with van der Waals surface area (Å²) in [5.41, 5.74) is 0. The lowest BCUT2D eigenvalue weighted by Crippen LogP contribution is -2.33. The molecule has 5 heteroatoms. The third-order valence-corrected chi connectivity index (χ3v) is 3.21. The van der Waals surface area contributed by atoms with Gasteiger partial charge in [-0.3, -0.25) is 0 Å². The van der Waals surface area contributed by atoms with Crippen molar-refractivity contribution < 1.29 is 13.2 Å². The Hall–Kier alpha value is -0.130. The summed E-state index contributed by atoms with van der Waals surface area (Å²) in [6.07, 6.45) is 3.92. The first-order chi connectivity index (χ1) is 6.99. The van der Waals surface area contributed by atoms with Crippen molar-refractivity contribution in [3.63, 3.8) is 0 Å². The van der Waals surface area contributed by atoms with Gasteiger partial charge < -0.3 is 10.1 Å². The quantitative estimate of drug-likeness (QED) is 0.603. The van der Waals surface area contributed by atoms with Gasteiger partial charge in [-0.05, 0) is 19.4 Å². The van der Waals surface area contributed by atoms with Crippen molar-refractivity contribution in [2.45, 2.75) is 32.2 Å². The van der Waals surface area contributed by atoms with Crippen molar-refractivity contribution in [3.05, 3.63) is 0 Å². The van der Waals surface area contributed by atoms with Crippen LogP contribution in [-0.4, -0.2) is 46.7 Å². The number of sulfone groups is 1. The first-order valence-electron chi connectivity index (χ1n) is 5.39. The smallest absolute Gasteiger partial charge is 0.147 e. The third kappa shape index (κ3) is 10.2.